The highest BCUT2D eigenvalue weighted by molar-refractivity contribution is 6.05. The van der Waals surface area contributed by atoms with Crippen molar-refractivity contribution in [1.82, 2.24) is 9.97 Å². The largest absolute Gasteiger partial charge is 0.434 e. The van der Waals surface area contributed by atoms with Gasteiger partial charge in [0, 0.05) is 17.4 Å². The molecule has 1 N–H and O–H groups in total. The number of nitrogens with zero attached hydrogens (tertiary/aromatic N) is 3. The smallest absolute Gasteiger partial charge is 0.258 e. The Morgan fingerprint density at radius 1 is 1.21 bits per heavy atom. The zero-order chi connectivity index (χ0) is 19.7. The maximum atomic E-state index is 14.1. The minimum absolute atomic E-state index is 0.144. The third kappa shape index (κ3) is 3.08. The summed E-state index contributed by atoms with van der Waals surface area (Å²) < 4.78 is 19.9. The van der Waals surface area contributed by atoms with Crippen molar-refractivity contribution in [3.8, 4) is 17.5 Å². The number of anilines is 1. The Bertz CT molecular complexity index is 1220. The summed E-state index contributed by atoms with van der Waals surface area (Å²) in [6.45, 7) is 1.81. The highest BCUT2D eigenvalue weighted by atomic mass is 19.1. The molecule has 0 bridgehead atoms. The molecule has 0 fully saturated rings. The van der Waals surface area contributed by atoms with Crippen LogP contribution in [0.2, 0.25) is 0 Å². The SMILES string of the molecule is Cc1c(NC(=O)c2ccc(C#N)cc2F)cccc1-c1nc2ncccc2o1. The maximum absolute atomic E-state index is 14.1. The zero-order valence-electron chi connectivity index (χ0n) is 14.7. The highest BCUT2D eigenvalue weighted by Gasteiger charge is 2.17. The molecule has 0 saturated heterocycles. The van der Waals surface area contributed by atoms with Gasteiger partial charge in [0.1, 0.15) is 5.82 Å². The number of oxazole rings is 1. The van der Waals surface area contributed by atoms with Crippen molar-refractivity contribution < 1.29 is 13.6 Å². The number of fused-ring (bicyclic) bond motifs is 1. The number of aromatic nitrogens is 2. The molecule has 6 nitrogen and oxygen atoms in total. The third-order valence-electron chi connectivity index (χ3n) is 4.32. The number of carbonyl (C=O) groups excluding carboxylic acids is 1. The lowest BCUT2D eigenvalue weighted by Gasteiger charge is -2.11. The number of nitriles is 1. The van der Waals surface area contributed by atoms with Gasteiger partial charge in [-0.2, -0.15) is 10.2 Å². The second-order valence-electron chi connectivity index (χ2n) is 6.08. The molecule has 136 valence electrons. The van der Waals surface area contributed by atoms with E-state index in [0.717, 1.165) is 11.6 Å². The number of benzene rings is 2. The van der Waals surface area contributed by atoms with Crippen LogP contribution in [0.5, 0.6) is 0 Å². The van der Waals surface area contributed by atoms with Gasteiger partial charge < -0.3 is 9.73 Å². The summed E-state index contributed by atoms with van der Waals surface area (Å²) in [5, 5.41) is 11.5. The molecule has 2 heterocycles. The molecule has 1 amide bonds. The van der Waals surface area contributed by atoms with Gasteiger partial charge in [0.25, 0.3) is 5.91 Å². The number of nitrogens with one attached hydrogen (secondary N) is 1. The second-order valence-corrected chi connectivity index (χ2v) is 6.08. The van der Waals surface area contributed by atoms with Crippen molar-refractivity contribution in [2.75, 3.05) is 5.32 Å². The lowest BCUT2D eigenvalue weighted by molar-refractivity contribution is 0.102. The van der Waals surface area contributed by atoms with E-state index in [4.69, 9.17) is 9.68 Å². The minimum Gasteiger partial charge on any atom is -0.434 e. The Morgan fingerprint density at radius 2 is 2.07 bits per heavy atom. The summed E-state index contributed by atoms with van der Waals surface area (Å²) in [7, 11) is 0. The summed E-state index contributed by atoms with van der Waals surface area (Å²) in [5.41, 5.74) is 2.97. The van der Waals surface area contributed by atoms with Crippen LogP contribution in [0.1, 0.15) is 21.5 Å². The van der Waals surface area contributed by atoms with Gasteiger partial charge in [-0.05, 0) is 55.0 Å². The van der Waals surface area contributed by atoms with Crippen LogP contribution in [0, 0.1) is 24.1 Å². The lowest BCUT2D eigenvalue weighted by Crippen LogP contribution is -2.14. The average molecular weight is 372 g/mol. The molecule has 0 spiro atoms. The topological polar surface area (TPSA) is 91.8 Å². The summed E-state index contributed by atoms with van der Waals surface area (Å²) in [6, 6.07) is 14.3. The number of halogens is 1. The van der Waals surface area contributed by atoms with E-state index in [1.165, 1.54) is 12.1 Å². The number of carbonyl (C=O) groups is 1. The van der Waals surface area contributed by atoms with Crippen molar-refractivity contribution in [1.29, 1.82) is 5.26 Å². The van der Waals surface area contributed by atoms with E-state index in [2.05, 4.69) is 15.3 Å². The minimum atomic E-state index is -0.754. The van der Waals surface area contributed by atoms with Gasteiger partial charge in [0.05, 0.1) is 17.2 Å². The van der Waals surface area contributed by atoms with Gasteiger partial charge in [-0.15, -0.1) is 0 Å². The molecule has 2 aromatic carbocycles. The molecule has 0 saturated carbocycles. The summed E-state index contributed by atoms with van der Waals surface area (Å²) in [6.07, 6.45) is 1.63. The molecule has 28 heavy (non-hydrogen) atoms. The first-order valence-electron chi connectivity index (χ1n) is 8.39. The fraction of sp³-hybridized carbons (Fsp3) is 0.0476. The van der Waals surface area contributed by atoms with Gasteiger partial charge in [0.15, 0.2) is 11.2 Å². The molecule has 0 aliphatic heterocycles. The molecule has 0 radical (unpaired) electrons. The highest BCUT2D eigenvalue weighted by Crippen LogP contribution is 2.30. The maximum Gasteiger partial charge on any atom is 0.258 e. The van der Waals surface area contributed by atoms with Gasteiger partial charge in [-0.3, -0.25) is 4.79 Å². The predicted molar refractivity (Wildman–Crippen MR) is 101 cm³/mol. The van der Waals surface area contributed by atoms with Crippen LogP contribution in [0.4, 0.5) is 10.1 Å². The fourth-order valence-corrected chi connectivity index (χ4v) is 2.85. The van der Waals surface area contributed by atoms with E-state index >= 15 is 0 Å². The van der Waals surface area contributed by atoms with Crippen LogP contribution >= 0.6 is 0 Å². The fourth-order valence-electron chi connectivity index (χ4n) is 2.85. The molecule has 4 rings (SSSR count). The van der Waals surface area contributed by atoms with Crippen molar-refractivity contribution in [2.45, 2.75) is 6.92 Å². The van der Waals surface area contributed by atoms with Crippen LogP contribution in [0.3, 0.4) is 0 Å². The van der Waals surface area contributed by atoms with Gasteiger partial charge in [-0.25, -0.2) is 9.37 Å². The van der Waals surface area contributed by atoms with E-state index in [1.807, 2.05) is 19.1 Å². The zero-order valence-corrected chi connectivity index (χ0v) is 14.7. The van der Waals surface area contributed by atoms with Crippen molar-refractivity contribution in [2.24, 2.45) is 0 Å². The molecule has 0 aliphatic rings. The Labute approximate surface area is 159 Å². The normalized spacial score (nSPS) is 10.6. The number of hydrogen-bond acceptors (Lipinski definition) is 5. The number of hydrogen-bond donors (Lipinski definition) is 1. The quantitative estimate of drug-likeness (QED) is 0.573. The van der Waals surface area contributed by atoms with Crippen molar-refractivity contribution in [3.05, 3.63) is 77.2 Å². The number of amides is 1. The molecule has 7 heteroatoms. The van der Waals surface area contributed by atoms with E-state index < -0.39 is 11.7 Å². The van der Waals surface area contributed by atoms with Crippen LogP contribution in [-0.4, -0.2) is 15.9 Å². The first-order chi connectivity index (χ1) is 13.6. The lowest BCUT2D eigenvalue weighted by atomic mass is 10.1. The van der Waals surface area contributed by atoms with E-state index in [0.29, 0.717) is 28.4 Å². The third-order valence-corrected chi connectivity index (χ3v) is 4.32. The molecule has 0 aliphatic carbocycles. The summed E-state index contributed by atoms with van der Waals surface area (Å²) in [5.74, 6) is -0.983. The van der Waals surface area contributed by atoms with E-state index in [9.17, 15) is 9.18 Å². The Kier molecular flexibility index (Phi) is 4.30. The Hall–Kier alpha value is -4.05. The number of pyridine rings is 1. The molecular formula is C21H13FN4O2. The molecule has 0 atom stereocenters. The average Bonchev–Trinajstić information content (AvgIpc) is 3.13. The standard InChI is InChI=1S/C21H13FN4O2/c1-12-14(21-26-19-18(28-21)6-3-9-24-19)4-2-5-17(12)25-20(27)15-8-7-13(11-23)10-16(15)22/h2-10H,1H3,(H,25,27). The van der Waals surface area contributed by atoms with Crippen molar-refractivity contribution >= 4 is 22.8 Å². The Balaban J connectivity index is 1.67. The molecule has 2 aromatic heterocycles. The van der Waals surface area contributed by atoms with Crippen LogP contribution < -0.4 is 5.32 Å². The van der Waals surface area contributed by atoms with E-state index in [-0.39, 0.29) is 11.1 Å². The van der Waals surface area contributed by atoms with Gasteiger partial charge in [0.2, 0.25) is 5.89 Å². The molecular weight excluding hydrogens is 359 g/mol. The van der Waals surface area contributed by atoms with Gasteiger partial charge in [-0.1, -0.05) is 6.07 Å². The first-order valence-corrected chi connectivity index (χ1v) is 8.39. The van der Waals surface area contributed by atoms with Crippen LogP contribution in [0.15, 0.2) is 59.1 Å². The number of rotatable bonds is 3. The second kappa shape index (κ2) is 6.93. The summed E-state index contributed by atoms with van der Waals surface area (Å²) >= 11 is 0. The van der Waals surface area contributed by atoms with Crippen molar-refractivity contribution in [3.63, 3.8) is 0 Å². The monoisotopic (exact) mass is 372 g/mol. The first kappa shape index (κ1) is 17.4. The Morgan fingerprint density at radius 3 is 2.82 bits per heavy atom. The van der Waals surface area contributed by atoms with E-state index in [1.54, 1.807) is 30.5 Å². The molecule has 0 unspecified atom stereocenters. The van der Waals surface area contributed by atoms with Crippen LogP contribution in [-0.2, 0) is 0 Å². The predicted octanol–water partition coefficient (Wildman–Crippen LogP) is 4.46. The summed E-state index contributed by atoms with van der Waals surface area (Å²) in [4.78, 5) is 21.0. The van der Waals surface area contributed by atoms with Crippen LogP contribution in [0.25, 0.3) is 22.7 Å². The van der Waals surface area contributed by atoms with Gasteiger partial charge >= 0.3 is 0 Å². The molecule has 4 aromatic rings.